The lowest BCUT2D eigenvalue weighted by Gasteiger charge is -2.21. The first-order valence-electron chi connectivity index (χ1n) is 4.74. The van der Waals surface area contributed by atoms with Crippen molar-refractivity contribution in [3.05, 3.63) is 35.4 Å². The average Bonchev–Trinajstić information content (AvgIpc) is 2.18. The van der Waals surface area contributed by atoms with Crippen molar-refractivity contribution in [3.8, 4) is 0 Å². The van der Waals surface area contributed by atoms with Crippen LogP contribution in [0, 0.1) is 6.92 Å². The van der Waals surface area contributed by atoms with Crippen LogP contribution >= 0.6 is 24.8 Å². The van der Waals surface area contributed by atoms with E-state index in [4.69, 9.17) is 11.5 Å². The summed E-state index contributed by atoms with van der Waals surface area (Å²) < 4.78 is 13.8. The van der Waals surface area contributed by atoms with Crippen molar-refractivity contribution in [1.29, 1.82) is 0 Å². The zero-order chi connectivity index (χ0) is 10.6. The van der Waals surface area contributed by atoms with E-state index in [-0.39, 0.29) is 37.9 Å². The number of halogens is 3. The molecule has 1 aromatic carbocycles. The molecule has 0 aliphatic heterocycles. The lowest BCUT2D eigenvalue weighted by Crippen LogP contribution is -2.42. The van der Waals surface area contributed by atoms with Crippen molar-refractivity contribution in [2.45, 2.75) is 19.0 Å². The Hall–Kier alpha value is -0.350. The summed E-state index contributed by atoms with van der Waals surface area (Å²) in [5, 5.41) is 0. The molecule has 0 heterocycles. The molecule has 0 saturated carbocycles. The van der Waals surface area contributed by atoms with Crippen LogP contribution in [0.4, 0.5) is 4.39 Å². The van der Waals surface area contributed by atoms with Gasteiger partial charge in [-0.2, -0.15) is 0 Å². The van der Waals surface area contributed by atoms with E-state index >= 15 is 0 Å². The Morgan fingerprint density at radius 1 is 1.19 bits per heavy atom. The van der Waals surface area contributed by atoms with E-state index in [0.717, 1.165) is 11.1 Å². The number of hydrogen-bond donors (Lipinski definition) is 2. The van der Waals surface area contributed by atoms with Gasteiger partial charge in [-0.3, -0.25) is 0 Å². The third-order valence-corrected chi connectivity index (χ3v) is 2.34. The molecular formula is C11H19Cl2FN2. The maximum atomic E-state index is 13.8. The van der Waals surface area contributed by atoms with Crippen LogP contribution < -0.4 is 11.5 Å². The van der Waals surface area contributed by atoms with E-state index < -0.39 is 5.67 Å². The van der Waals surface area contributed by atoms with Gasteiger partial charge in [0.1, 0.15) is 5.67 Å². The minimum absolute atomic E-state index is 0. The van der Waals surface area contributed by atoms with E-state index in [1.807, 2.05) is 31.2 Å². The lowest BCUT2D eigenvalue weighted by molar-refractivity contribution is 0.184. The van der Waals surface area contributed by atoms with Crippen molar-refractivity contribution in [2.24, 2.45) is 11.5 Å². The summed E-state index contributed by atoms with van der Waals surface area (Å²) in [6, 6.07) is 7.75. The van der Waals surface area contributed by atoms with E-state index in [1.54, 1.807) is 0 Å². The van der Waals surface area contributed by atoms with Crippen LogP contribution in [0.3, 0.4) is 0 Å². The van der Waals surface area contributed by atoms with Gasteiger partial charge in [-0.15, -0.1) is 24.8 Å². The second kappa shape index (κ2) is 7.85. The van der Waals surface area contributed by atoms with Gasteiger partial charge in [-0.1, -0.05) is 29.8 Å². The molecule has 0 radical (unpaired) electrons. The molecule has 0 aliphatic rings. The Kier molecular flexibility index (Phi) is 8.84. The fourth-order valence-electron chi connectivity index (χ4n) is 1.42. The Morgan fingerprint density at radius 2 is 1.75 bits per heavy atom. The quantitative estimate of drug-likeness (QED) is 0.878. The van der Waals surface area contributed by atoms with E-state index in [9.17, 15) is 4.39 Å². The first-order valence-corrected chi connectivity index (χ1v) is 4.74. The monoisotopic (exact) mass is 268 g/mol. The van der Waals surface area contributed by atoms with Gasteiger partial charge in [0.25, 0.3) is 0 Å². The molecule has 0 atom stereocenters. The maximum Gasteiger partial charge on any atom is 0.139 e. The van der Waals surface area contributed by atoms with E-state index in [2.05, 4.69) is 0 Å². The average molecular weight is 269 g/mol. The van der Waals surface area contributed by atoms with E-state index in [1.165, 1.54) is 0 Å². The molecule has 0 fully saturated rings. The molecule has 0 aromatic heterocycles. The first kappa shape index (κ1) is 18.0. The summed E-state index contributed by atoms with van der Waals surface area (Å²) in [5.74, 6) is 0. The van der Waals surface area contributed by atoms with Gasteiger partial charge in [0.15, 0.2) is 0 Å². The van der Waals surface area contributed by atoms with Crippen LogP contribution in [0.5, 0.6) is 0 Å². The van der Waals surface area contributed by atoms with Crippen LogP contribution in [0.25, 0.3) is 0 Å². The number of rotatable bonds is 4. The predicted octanol–water partition coefficient (Wildman–Crippen LogP) is 2.01. The highest BCUT2D eigenvalue weighted by molar-refractivity contribution is 5.85. The fourth-order valence-corrected chi connectivity index (χ4v) is 1.42. The van der Waals surface area contributed by atoms with Gasteiger partial charge in [0.2, 0.25) is 0 Å². The number of benzene rings is 1. The second-order valence-electron chi connectivity index (χ2n) is 3.72. The highest BCUT2D eigenvalue weighted by Gasteiger charge is 2.26. The summed E-state index contributed by atoms with van der Waals surface area (Å²) in [7, 11) is 0. The summed E-state index contributed by atoms with van der Waals surface area (Å²) in [5.41, 5.74) is 11.3. The molecule has 1 aromatic rings. The van der Waals surface area contributed by atoms with Gasteiger partial charge in [-0.05, 0) is 12.5 Å². The Balaban J connectivity index is 0. The van der Waals surface area contributed by atoms with Crippen LogP contribution in [0.1, 0.15) is 11.1 Å². The Morgan fingerprint density at radius 3 is 2.19 bits per heavy atom. The second-order valence-corrected chi connectivity index (χ2v) is 3.72. The van der Waals surface area contributed by atoms with Gasteiger partial charge in [0.05, 0.1) is 0 Å². The minimum atomic E-state index is -1.46. The van der Waals surface area contributed by atoms with Gasteiger partial charge in [0, 0.05) is 19.5 Å². The molecule has 0 spiro atoms. The summed E-state index contributed by atoms with van der Waals surface area (Å²) in [6.07, 6.45) is 0.293. The highest BCUT2D eigenvalue weighted by Crippen LogP contribution is 2.16. The van der Waals surface area contributed by atoms with Crippen molar-refractivity contribution in [1.82, 2.24) is 0 Å². The molecule has 0 bridgehead atoms. The summed E-state index contributed by atoms with van der Waals surface area (Å²) >= 11 is 0. The van der Waals surface area contributed by atoms with E-state index in [0.29, 0.717) is 6.42 Å². The zero-order valence-electron chi connectivity index (χ0n) is 9.28. The highest BCUT2D eigenvalue weighted by atomic mass is 35.5. The van der Waals surface area contributed by atoms with Gasteiger partial charge >= 0.3 is 0 Å². The molecule has 4 N–H and O–H groups in total. The zero-order valence-corrected chi connectivity index (χ0v) is 10.9. The molecule has 5 heteroatoms. The molecule has 0 saturated heterocycles. The van der Waals surface area contributed by atoms with Crippen LogP contribution in [-0.4, -0.2) is 18.8 Å². The number of hydrogen-bond acceptors (Lipinski definition) is 2. The smallest absolute Gasteiger partial charge is 0.139 e. The lowest BCUT2D eigenvalue weighted by atomic mass is 9.95. The standard InChI is InChI=1S/C11H17FN2.2ClH/c1-9-3-2-4-10(5-9)6-11(12,7-13)8-14;;/h2-5H,6-8,13-14H2,1H3;2*1H. The maximum absolute atomic E-state index is 13.8. The Bertz CT molecular complexity index is 304. The molecule has 2 nitrogen and oxygen atoms in total. The normalized spacial score (nSPS) is 10.2. The third-order valence-electron chi connectivity index (χ3n) is 2.34. The molecular weight excluding hydrogens is 250 g/mol. The van der Waals surface area contributed by atoms with Gasteiger partial charge < -0.3 is 11.5 Å². The molecule has 0 amide bonds. The fraction of sp³-hybridized carbons (Fsp3) is 0.455. The van der Waals surface area contributed by atoms with Crippen LogP contribution in [-0.2, 0) is 6.42 Å². The van der Waals surface area contributed by atoms with Crippen molar-refractivity contribution < 1.29 is 4.39 Å². The molecule has 16 heavy (non-hydrogen) atoms. The van der Waals surface area contributed by atoms with Crippen molar-refractivity contribution in [3.63, 3.8) is 0 Å². The number of aryl methyl sites for hydroxylation is 1. The van der Waals surface area contributed by atoms with Gasteiger partial charge in [-0.25, -0.2) is 4.39 Å². The SMILES string of the molecule is Cc1cccc(CC(F)(CN)CN)c1.Cl.Cl. The van der Waals surface area contributed by atoms with Crippen molar-refractivity contribution in [2.75, 3.05) is 13.1 Å². The molecule has 1 rings (SSSR count). The Labute approximate surface area is 108 Å². The minimum Gasteiger partial charge on any atom is -0.327 e. The summed E-state index contributed by atoms with van der Waals surface area (Å²) in [4.78, 5) is 0. The van der Waals surface area contributed by atoms with Crippen LogP contribution in [0.2, 0.25) is 0 Å². The van der Waals surface area contributed by atoms with Crippen molar-refractivity contribution >= 4 is 24.8 Å². The molecule has 0 unspecified atom stereocenters. The third kappa shape index (κ3) is 5.12. The number of alkyl halides is 1. The van der Waals surface area contributed by atoms with Crippen LogP contribution in [0.15, 0.2) is 24.3 Å². The largest absolute Gasteiger partial charge is 0.327 e. The summed E-state index contributed by atoms with van der Waals surface area (Å²) in [6.45, 7) is 1.92. The predicted molar refractivity (Wildman–Crippen MR) is 71.3 cm³/mol. The first-order chi connectivity index (χ1) is 6.59. The number of nitrogens with two attached hydrogens (primary N) is 2. The molecule has 0 aliphatic carbocycles. The topological polar surface area (TPSA) is 52.0 Å². The molecule has 94 valence electrons.